The monoisotopic (exact) mass is 420 g/mol. The minimum atomic E-state index is -0.546. The number of nitro benzene ring substituents is 1. The summed E-state index contributed by atoms with van der Waals surface area (Å²) in [5, 5.41) is 14.8. The number of likely N-dealkylation sites (tertiary alicyclic amines) is 1. The van der Waals surface area contributed by atoms with E-state index in [-0.39, 0.29) is 23.0 Å². The fourth-order valence-electron chi connectivity index (χ4n) is 3.77. The Labute approximate surface area is 178 Å². The van der Waals surface area contributed by atoms with Gasteiger partial charge >= 0.3 is 0 Å². The van der Waals surface area contributed by atoms with Gasteiger partial charge in [-0.25, -0.2) is 4.39 Å². The zero-order valence-electron chi connectivity index (χ0n) is 16.7. The van der Waals surface area contributed by atoms with E-state index in [1.807, 2.05) is 12.1 Å². The summed E-state index contributed by atoms with van der Waals surface area (Å²) < 4.78 is 13.9. The molecule has 1 fully saturated rings. The smallest absolute Gasteiger partial charge is 0.282 e. The molecule has 1 amide bonds. The Balaban J connectivity index is 1.72. The van der Waals surface area contributed by atoms with Crippen molar-refractivity contribution >= 4 is 17.3 Å². The van der Waals surface area contributed by atoms with E-state index in [0.717, 1.165) is 12.8 Å². The molecule has 0 aliphatic carbocycles. The second-order valence-corrected chi connectivity index (χ2v) is 7.38. The Kier molecular flexibility index (Phi) is 5.88. The quantitative estimate of drug-likeness (QED) is 0.466. The summed E-state index contributed by atoms with van der Waals surface area (Å²) in [7, 11) is 0. The van der Waals surface area contributed by atoms with Crippen LogP contribution < -0.4 is 5.32 Å². The molecule has 31 heavy (non-hydrogen) atoms. The first-order valence-corrected chi connectivity index (χ1v) is 10.0. The van der Waals surface area contributed by atoms with Crippen molar-refractivity contribution in [2.75, 3.05) is 18.4 Å². The first-order chi connectivity index (χ1) is 15.0. The first kappa shape index (κ1) is 20.5. The predicted octanol–water partition coefficient (Wildman–Crippen LogP) is 4.57. The topological polar surface area (TPSA) is 88.4 Å². The Morgan fingerprint density at radius 1 is 1.10 bits per heavy atom. The number of carbonyl (C=O) groups excluding carboxylic acids is 1. The van der Waals surface area contributed by atoms with Crippen LogP contribution in [-0.4, -0.2) is 33.8 Å². The van der Waals surface area contributed by atoms with Crippen molar-refractivity contribution in [2.45, 2.75) is 18.9 Å². The van der Waals surface area contributed by atoms with Gasteiger partial charge in [0, 0.05) is 31.0 Å². The number of nitrogens with zero attached hydrogens (tertiary/aromatic N) is 3. The van der Waals surface area contributed by atoms with E-state index in [1.54, 1.807) is 35.4 Å². The average Bonchev–Trinajstić information content (AvgIpc) is 3.32. The van der Waals surface area contributed by atoms with Gasteiger partial charge in [-0.15, -0.1) is 0 Å². The van der Waals surface area contributed by atoms with Crippen LogP contribution in [0.4, 0.5) is 15.8 Å². The molecule has 8 heteroatoms. The van der Waals surface area contributed by atoms with Crippen LogP contribution in [0.25, 0.3) is 0 Å². The third-order valence-electron chi connectivity index (χ3n) is 5.29. The van der Waals surface area contributed by atoms with Crippen LogP contribution in [0.2, 0.25) is 0 Å². The van der Waals surface area contributed by atoms with Gasteiger partial charge in [0.25, 0.3) is 11.6 Å². The van der Waals surface area contributed by atoms with E-state index in [2.05, 4.69) is 10.3 Å². The zero-order chi connectivity index (χ0) is 21.8. The third-order valence-corrected chi connectivity index (χ3v) is 5.29. The fraction of sp³-hybridized carbons (Fsp3) is 0.217. The highest BCUT2D eigenvalue weighted by Gasteiger charge is 2.27. The molecule has 1 aromatic heterocycles. The van der Waals surface area contributed by atoms with Gasteiger partial charge in [-0.1, -0.05) is 18.2 Å². The van der Waals surface area contributed by atoms with Crippen LogP contribution in [0.1, 0.15) is 40.5 Å². The van der Waals surface area contributed by atoms with Gasteiger partial charge in [0.05, 0.1) is 16.7 Å². The molecule has 1 saturated heterocycles. The molecule has 1 atom stereocenters. The lowest BCUT2D eigenvalue weighted by atomic mass is 10.0. The predicted molar refractivity (Wildman–Crippen MR) is 114 cm³/mol. The molecule has 1 N–H and O–H groups in total. The molecule has 1 aliphatic heterocycles. The van der Waals surface area contributed by atoms with Crippen LogP contribution in [0.15, 0.2) is 66.9 Å². The molecule has 1 aliphatic rings. The number of pyridine rings is 1. The van der Waals surface area contributed by atoms with Gasteiger partial charge in [0.2, 0.25) is 0 Å². The van der Waals surface area contributed by atoms with Crippen molar-refractivity contribution in [1.82, 2.24) is 9.88 Å². The number of carbonyl (C=O) groups is 1. The molecule has 3 aromatic rings. The second kappa shape index (κ2) is 8.91. The largest absolute Gasteiger partial charge is 0.373 e. The van der Waals surface area contributed by atoms with Crippen LogP contribution in [0, 0.1) is 15.9 Å². The highest BCUT2D eigenvalue weighted by molar-refractivity contribution is 5.99. The van der Waals surface area contributed by atoms with Gasteiger partial charge in [0.1, 0.15) is 11.4 Å². The maximum absolute atomic E-state index is 13.9. The van der Waals surface area contributed by atoms with Crippen LogP contribution in [-0.2, 0) is 0 Å². The minimum Gasteiger partial charge on any atom is -0.373 e. The number of amides is 1. The zero-order valence-corrected chi connectivity index (χ0v) is 16.7. The molecule has 0 radical (unpaired) electrons. The van der Waals surface area contributed by atoms with Gasteiger partial charge in [-0.05, 0) is 54.8 Å². The Bertz CT molecular complexity index is 1100. The maximum Gasteiger partial charge on any atom is 0.282 e. The van der Waals surface area contributed by atoms with E-state index in [9.17, 15) is 19.3 Å². The molecule has 4 rings (SSSR count). The highest BCUT2D eigenvalue weighted by atomic mass is 19.1. The third kappa shape index (κ3) is 4.53. The van der Waals surface area contributed by atoms with Gasteiger partial charge in [-0.2, -0.15) is 0 Å². The number of nitro groups is 1. The molecule has 0 bridgehead atoms. The minimum absolute atomic E-state index is 0.0379. The number of rotatable bonds is 6. The summed E-state index contributed by atoms with van der Waals surface area (Å²) in [5.74, 6) is -0.734. The molecular formula is C23H21FN4O3. The van der Waals surface area contributed by atoms with E-state index >= 15 is 0 Å². The number of anilines is 1. The second-order valence-electron chi connectivity index (χ2n) is 7.38. The first-order valence-electron chi connectivity index (χ1n) is 10.0. The van der Waals surface area contributed by atoms with Crippen molar-refractivity contribution in [3.05, 3.63) is 99.6 Å². The number of hydrogen-bond donors (Lipinski definition) is 1. The summed E-state index contributed by atoms with van der Waals surface area (Å²) >= 11 is 0. The van der Waals surface area contributed by atoms with Gasteiger partial charge in [-0.3, -0.25) is 19.9 Å². The van der Waals surface area contributed by atoms with Crippen LogP contribution in [0.5, 0.6) is 0 Å². The van der Waals surface area contributed by atoms with Crippen molar-refractivity contribution in [2.24, 2.45) is 0 Å². The summed E-state index contributed by atoms with van der Waals surface area (Å²) in [4.78, 5) is 29.9. The highest BCUT2D eigenvalue weighted by Crippen LogP contribution is 2.30. The van der Waals surface area contributed by atoms with E-state index < -0.39 is 11.0 Å². The molecule has 1 unspecified atom stereocenters. The number of nitrogens with one attached hydrogen (secondary N) is 1. The van der Waals surface area contributed by atoms with Crippen molar-refractivity contribution in [1.29, 1.82) is 0 Å². The molecule has 7 nitrogen and oxygen atoms in total. The summed E-state index contributed by atoms with van der Waals surface area (Å²) in [5.41, 5.74) is 1.61. The number of halogens is 1. The lowest BCUT2D eigenvalue weighted by Crippen LogP contribution is -2.28. The number of aromatic nitrogens is 1. The summed E-state index contributed by atoms with van der Waals surface area (Å²) in [6, 6.07) is 15.4. The van der Waals surface area contributed by atoms with Crippen molar-refractivity contribution in [3.8, 4) is 0 Å². The molecular weight excluding hydrogens is 399 g/mol. The molecule has 158 valence electrons. The maximum atomic E-state index is 13.9. The lowest BCUT2D eigenvalue weighted by molar-refractivity contribution is -0.385. The molecule has 0 saturated carbocycles. The van der Waals surface area contributed by atoms with Crippen LogP contribution in [0.3, 0.4) is 0 Å². The Morgan fingerprint density at radius 3 is 2.58 bits per heavy atom. The average molecular weight is 420 g/mol. The summed E-state index contributed by atoms with van der Waals surface area (Å²) in [6.45, 7) is 1.18. The fourth-order valence-corrected chi connectivity index (χ4v) is 3.77. The summed E-state index contributed by atoms with van der Waals surface area (Å²) in [6.07, 6.45) is 3.42. The van der Waals surface area contributed by atoms with Crippen molar-refractivity contribution < 1.29 is 14.1 Å². The SMILES string of the molecule is O=C(c1cc(NC(c2cccc(F)c2)c2ccccn2)ccc1[N+](=O)[O-])N1CCCC1. The molecule has 0 spiro atoms. The normalized spacial score (nSPS) is 14.3. The standard InChI is InChI=1S/C23H21FN4O3/c24-17-7-5-6-16(14-17)22(20-8-1-2-11-25-20)26-18-9-10-21(28(30)31)19(15-18)23(29)27-12-3-4-13-27/h1-2,5-11,14-15,22,26H,3-4,12-13H2. The molecule has 2 heterocycles. The number of hydrogen-bond acceptors (Lipinski definition) is 5. The Hall–Kier alpha value is -3.81. The van der Waals surface area contributed by atoms with Crippen molar-refractivity contribution in [3.63, 3.8) is 0 Å². The van der Waals surface area contributed by atoms with E-state index in [1.165, 1.54) is 24.3 Å². The Morgan fingerprint density at radius 2 is 1.90 bits per heavy atom. The molecule has 2 aromatic carbocycles. The van der Waals surface area contributed by atoms with Gasteiger partial charge in [0.15, 0.2) is 0 Å². The lowest BCUT2D eigenvalue weighted by Gasteiger charge is -2.21. The van der Waals surface area contributed by atoms with E-state index in [0.29, 0.717) is 30.0 Å². The van der Waals surface area contributed by atoms with E-state index in [4.69, 9.17) is 0 Å². The number of benzene rings is 2. The van der Waals surface area contributed by atoms with Gasteiger partial charge < -0.3 is 10.2 Å². The van der Waals surface area contributed by atoms with Crippen LogP contribution >= 0.6 is 0 Å².